The quantitative estimate of drug-likeness (QED) is 0.766. The molecule has 0 spiro atoms. The van der Waals surface area contributed by atoms with E-state index in [1.54, 1.807) is 18.3 Å². The van der Waals surface area contributed by atoms with Crippen molar-refractivity contribution in [2.45, 2.75) is 6.54 Å². The number of fused-ring (bicyclic) bond motifs is 1. The van der Waals surface area contributed by atoms with Crippen molar-refractivity contribution in [3.8, 4) is 0 Å². The number of hydrogen-bond acceptors (Lipinski definition) is 3. The maximum Gasteiger partial charge on any atom is 0.339 e. The predicted octanol–water partition coefficient (Wildman–Crippen LogP) is 3.55. The van der Waals surface area contributed by atoms with Crippen LogP contribution < -0.4 is 5.32 Å². The molecule has 0 aliphatic heterocycles. The standard InChI is InChI=1S/C17H14N2O2/c20-17(21)15-9-4-10-18-16(15)19-11-13-7-3-6-12-5-1-2-8-14(12)13/h1-10H,11H2,(H,18,19)(H,20,21). The number of aromatic nitrogens is 1. The number of carbonyl (C=O) groups is 1. The van der Waals surface area contributed by atoms with Gasteiger partial charge in [-0.05, 0) is 28.5 Å². The largest absolute Gasteiger partial charge is 0.478 e. The van der Waals surface area contributed by atoms with Crippen LogP contribution in [-0.2, 0) is 6.54 Å². The van der Waals surface area contributed by atoms with Gasteiger partial charge in [-0.2, -0.15) is 0 Å². The van der Waals surface area contributed by atoms with Gasteiger partial charge in [0.15, 0.2) is 0 Å². The Balaban J connectivity index is 1.89. The maximum absolute atomic E-state index is 11.2. The van der Waals surface area contributed by atoms with Crippen LogP contribution in [0.15, 0.2) is 60.8 Å². The topological polar surface area (TPSA) is 62.2 Å². The second kappa shape index (κ2) is 5.63. The average molecular weight is 278 g/mol. The summed E-state index contributed by atoms with van der Waals surface area (Å²) in [5.41, 5.74) is 1.29. The summed E-state index contributed by atoms with van der Waals surface area (Å²) in [4.78, 5) is 15.3. The monoisotopic (exact) mass is 278 g/mol. The van der Waals surface area contributed by atoms with Crippen LogP contribution in [0.5, 0.6) is 0 Å². The van der Waals surface area contributed by atoms with E-state index in [0.717, 1.165) is 16.3 Å². The molecule has 0 unspecified atom stereocenters. The Bertz CT molecular complexity index is 794. The number of carboxylic acid groups (broad SMARTS) is 1. The van der Waals surface area contributed by atoms with Gasteiger partial charge in [0.05, 0.1) is 0 Å². The van der Waals surface area contributed by atoms with Crippen molar-refractivity contribution in [1.82, 2.24) is 4.98 Å². The molecule has 3 rings (SSSR count). The highest BCUT2D eigenvalue weighted by Gasteiger charge is 2.10. The fourth-order valence-electron chi connectivity index (χ4n) is 2.34. The van der Waals surface area contributed by atoms with Crippen LogP contribution >= 0.6 is 0 Å². The van der Waals surface area contributed by atoms with Crippen LogP contribution in [0.1, 0.15) is 15.9 Å². The van der Waals surface area contributed by atoms with Crippen molar-refractivity contribution in [3.05, 3.63) is 71.9 Å². The van der Waals surface area contributed by atoms with E-state index in [0.29, 0.717) is 12.4 Å². The number of hydrogen-bond donors (Lipinski definition) is 2. The van der Waals surface area contributed by atoms with Crippen molar-refractivity contribution in [3.63, 3.8) is 0 Å². The number of anilines is 1. The normalized spacial score (nSPS) is 10.5. The molecule has 21 heavy (non-hydrogen) atoms. The fourth-order valence-corrected chi connectivity index (χ4v) is 2.34. The van der Waals surface area contributed by atoms with E-state index in [1.165, 1.54) is 0 Å². The van der Waals surface area contributed by atoms with Crippen molar-refractivity contribution in [2.24, 2.45) is 0 Å². The molecule has 0 saturated heterocycles. The van der Waals surface area contributed by atoms with Gasteiger partial charge in [0, 0.05) is 12.7 Å². The first kappa shape index (κ1) is 13.1. The van der Waals surface area contributed by atoms with Crippen molar-refractivity contribution < 1.29 is 9.90 Å². The van der Waals surface area contributed by atoms with E-state index >= 15 is 0 Å². The lowest BCUT2D eigenvalue weighted by molar-refractivity contribution is 0.0697. The van der Waals surface area contributed by atoms with Crippen molar-refractivity contribution in [1.29, 1.82) is 0 Å². The lowest BCUT2D eigenvalue weighted by atomic mass is 10.0. The molecule has 1 heterocycles. The zero-order chi connectivity index (χ0) is 14.7. The molecule has 4 nitrogen and oxygen atoms in total. The van der Waals surface area contributed by atoms with Gasteiger partial charge >= 0.3 is 5.97 Å². The summed E-state index contributed by atoms with van der Waals surface area (Å²) in [5, 5.41) is 14.6. The molecule has 3 aromatic rings. The van der Waals surface area contributed by atoms with E-state index < -0.39 is 5.97 Å². The van der Waals surface area contributed by atoms with Crippen LogP contribution in [0.3, 0.4) is 0 Å². The molecule has 104 valence electrons. The van der Waals surface area contributed by atoms with Crippen LogP contribution in [0, 0.1) is 0 Å². The molecule has 0 bridgehead atoms. The summed E-state index contributed by atoms with van der Waals surface area (Å²) in [7, 11) is 0. The van der Waals surface area contributed by atoms with Gasteiger partial charge in [0.2, 0.25) is 0 Å². The summed E-state index contributed by atoms with van der Waals surface area (Å²) in [6.07, 6.45) is 1.58. The van der Waals surface area contributed by atoms with Gasteiger partial charge in [-0.15, -0.1) is 0 Å². The van der Waals surface area contributed by atoms with Crippen LogP contribution in [0.25, 0.3) is 10.8 Å². The first-order chi connectivity index (χ1) is 10.3. The van der Waals surface area contributed by atoms with Gasteiger partial charge in [0.25, 0.3) is 0 Å². The minimum atomic E-state index is -0.983. The summed E-state index contributed by atoms with van der Waals surface area (Å²) in [6, 6.07) is 17.4. The number of carboxylic acids is 1. The zero-order valence-electron chi connectivity index (χ0n) is 11.3. The number of pyridine rings is 1. The molecule has 1 aromatic heterocycles. The Kier molecular flexibility index (Phi) is 3.51. The molecule has 4 heteroatoms. The summed E-state index contributed by atoms with van der Waals surface area (Å²) in [6.45, 7) is 0.526. The Labute approximate surface area is 122 Å². The Morgan fingerprint density at radius 1 is 1.05 bits per heavy atom. The second-order valence-corrected chi connectivity index (χ2v) is 4.70. The molecule has 0 radical (unpaired) electrons. The summed E-state index contributed by atoms with van der Waals surface area (Å²) in [5.74, 6) is -0.596. The van der Waals surface area contributed by atoms with Gasteiger partial charge in [-0.25, -0.2) is 9.78 Å². The molecule has 0 saturated carbocycles. The molecule has 0 fully saturated rings. The third kappa shape index (κ3) is 2.69. The fraction of sp³-hybridized carbons (Fsp3) is 0.0588. The molecule has 0 amide bonds. The lowest BCUT2D eigenvalue weighted by Crippen LogP contribution is -2.08. The van der Waals surface area contributed by atoms with Crippen LogP contribution in [-0.4, -0.2) is 16.1 Å². The number of aromatic carboxylic acids is 1. The Morgan fingerprint density at radius 3 is 2.71 bits per heavy atom. The third-order valence-corrected chi connectivity index (χ3v) is 3.36. The molecular weight excluding hydrogens is 264 g/mol. The molecule has 2 N–H and O–H groups in total. The molecule has 0 atom stereocenters. The first-order valence-electron chi connectivity index (χ1n) is 6.64. The molecular formula is C17H14N2O2. The van der Waals surface area contributed by atoms with E-state index in [1.807, 2.05) is 24.3 Å². The summed E-state index contributed by atoms with van der Waals surface area (Å²) < 4.78 is 0. The third-order valence-electron chi connectivity index (χ3n) is 3.36. The summed E-state index contributed by atoms with van der Waals surface area (Å²) >= 11 is 0. The highest BCUT2D eigenvalue weighted by atomic mass is 16.4. The lowest BCUT2D eigenvalue weighted by Gasteiger charge is -2.10. The van der Waals surface area contributed by atoms with Gasteiger partial charge < -0.3 is 10.4 Å². The van der Waals surface area contributed by atoms with E-state index in [2.05, 4.69) is 28.5 Å². The number of nitrogens with zero attached hydrogens (tertiary/aromatic N) is 1. The molecule has 2 aromatic carbocycles. The van der Waals surface area contributed by atoms with Crippen LogP contribution in [0.4, 0.5) is 5.82 Å². The number of nitrogens with one attached hydrogen (secondary N) is 1. The van der Waals surface area contributed by atoms with E-state index in [-0.39, 0.29) is 5.56 Å². The highest BCUT2D eigenvalue weighted by Crippen LogP contribution is 2.20. The minimum Gasteiger partial charge on any atom is -0.478 e. The van der Waals surface area contributed by atoms with E-state index in [4.69, 9.17) is 5.11 Å². The van der Waals surface area contributed by atoms with Gasteiger partial charge in [-0.1, -0.05) is 42.5 Å². The maximum atomic E-state index is 11.2. The highest BCUT2D eigenvalue weighted by molar-refractivity contribution is 5.93. The predicted molar refractivity (Wildman–Crippen MR) is 82.5 cm³/mol. The molecule has 0 aliphatic rings. The SMILES string of the molecule is O=C(O)c1cccnc1NCc1cccc2ccccc12. The van der Waals surface area contributed by atoms with Crippen LogP contribution in [0.2, 0.25) is 0 Å². The Morgan fingerprint density at radius 2 is 1.86 bits per heavy atom. The molecule has 0 aliphatic carbocycles. The average Bonchev–Trinajstić information content (AvgIpc) is 2.53. The van der Waals surface area contributed by atoms with Crippen molar-refractivity contribution >= 4 is 22.6 Å². The van der Waals surface area contributed by atoms with Gasteiger partial charge in [-0.3, -0.25) is 0 Å². The van der Waals surface area contributed by atoms with Crippen molar-refractivity contribution in [2.75, 3.05) is 5.32 Å². The number of rotatable bonds is 4. The van der Waals surface area contributed by atoms with Gasteiger partial charge in [0.1, 0.15) is 11.4 Å². The second-order valence-electron chi connectivity index (χ2n) is 4.70. The zero-order valence-corrected chi connectivity index (χ0v) is 11.3. The Hall–Kier alpha value is -2.88. The smallest absolute Gasteiger partial charge is 0.339 e. The van der Waals surface area contributed by atoms with E-state index in [9.17, 15) is 4.79 Å². The number of benzene rings is 2. The first-order valence-corrected chi connectivity index (χ1v) is 6.64. The minimum absolute atomic E-state index is 0.178.